The fraction of sp³-hybridized carbons (Fsp3) is 0.480. The molecule has 1 atom stereocenters. The summed E-state index contributed by atoms with van der Waals surface area (Å²) in [7, 11) is 0. The van der Waals surface area contributed by atoms with Gasteiger partial charge in [-0.2, -0.15) is 0 Å². The van der Waals surface area contributed by atoms with E-state index in [2.05, 4.69) is 4.98 Å². The van der Waals surface area contributed by atoms with E-state index < -0.39 is 11.6 Å². The SMILES string of the molecule is Cc1cc2c(cc1C)C(C)(F)C(=O)N2CC1CCC([NH2+]C(=O)c2cc(Cl)cnc2C)CC1. The number of fused-ring (bicyclic) bond motifs is 1. The zero-order valence-electron chi connectivity index (χ0n) is 19.0. The van der Waals surface area contributed by atoms with Crippen molar-refractivity contribution >= 4 is 29.1 Å². The van der Waals surface area contributed by atoms with Gasteiger partial charge in [0.1, 0.15) is 5.56 Å². The van der Waals surface area contributed by atoms with Gasteiger partial charge in [0.15, 0.2) is 0 Å². The van der Waals surface area contributed by atoms with Crippen molar-refractivity contribution in [3.63, 3.8) is 0 Å². The number of hydrogen-bond acceptors (Lipinski definition) is 3. The van der Waals surface area contributed by atoms with Gasteiger partial charge in [-0.25, -0.2) is 9.18 Å². The maximum Gasteiger partial charge on any atom is 0.344 e. The average molecular weight is 459 g/mol. The number of primary amides is 1. The number of hydrogen-bond donors (Lipinski definition) is 1. The smallest absolute Gasteiger partial charge is 0.309 e. The number of amides is 2. The van der Waals surface area contributed by atoms with Crippen LogP contribution in [0.15, 0.2) is 24.4 Å². The first-order valence-electron chi connectivity index (χ1n) is 11.2. The summed E-state index contributed by atoms with van der Waals surface area (Å²) in [6.45, 7) is 7.63. The van der Waals surface area contributed by atoms with E-state index in [9.17, 15) is 9.59 Å². The first-order chi connectivity index (χ1) is 15.1. The lowest BCUT2D eigenvalue weighted by Gasteiger charge is -2.30. The number of nitrogens with zero attached hydrogens (tertiary/aromatic N) is 2. The van der Waals surface area contributed by atoms with Gasteiger partial charge in [0.2, 0.25) is 5.67 Å². The highest BCUT2D eigenvalue weighted by molar-refractivity contribution is 6.30. The Morgan fingerprint density at radius 3 is 2.53 bits per heavy atom. The number of aromatic nitrogens is 1. The van der Waals surface area contributed by atoms with Gasteiger partial charge < -0.3 is 4.90 Å². The van der Waals surface area contributed by atoms with E-state index in [0.29, 0.717) is 34.1 Å². The van der Waals surface area contributed by atoms with Crippen molar-refractivity contribution in [2.45, 2.75) is 65.1 Å². The summed E-state index contributed by atoms with van der Waals surface area (Å²) in [5, 5.41) is 2.24. The van der Waals surface area contributed by atoms with Gasteiger partial charge in [0, 0.05) is 31.1 Å². The zero-order valence-corrected chi connectivity index (χ0v) is 19.8. The lowest BCUT2D eigenvalue weighted by atomic mass is 9.85. The van der Waals surface area contributed by atoms with E-state index in [1.54, 1.807) is 29.4 Å². The van der Waals surface area contributed by atoms with Crippen molar-refractivity contribution in [2.24, 2.45) is 5.92 Å². The monoisotopic (exact) mass is 458 g/mol. The van der Waals surface area contributed by atoms with Crippen LogP contribution in [-0.2, 0) is 10.5 Å². The predicted octanol–water partition coefficient (Wildman–Crippen LogP) is 4.15. The Morgan fingerprint density at radius 1 is 1.19 bits per heavy atom. The van der Waals surface area contributed by atoms with E-state index in [-0.39, 0.29) is 17.9 Å². The van der Waals surface area contributed by atoms with Crippen molar-refractivity contribution in [3.8, 4) is 0 Å². The third-order valence-corrected chi connectivity index (χ3v) is 7.30. The lowest BCUT2D eigenvalue weighted by molar-refractivity contribution is -0.598. The fourth-order valence-corrected chi connectivity index (χ4v) is 5.07. The van der Waals surface area contributed by atoms with E-state index in [0.717, 1.165) is 36.8 Å². The summed E-state index contributed by atoms with van der Waals surface area (Å²) < 4.78 is 15.3. The predicted molar refractivity (Wildman–Crippen MR) is 123 cm³/mol. The largest absolute Gasteiger partial charge is 0.344 e. The van der Waals surface area contributed by atoms with Gasteiger partial charge in [-0.1, -0.05) is 11.6 Å². The Bertz CT molecular complexity index is 1080. The normalized spacial score (nSPS) is 25.2. The molecule has 1 aromatic heterocycles. The molecule has 32 heavy (non-hydrogen) atoms. The maximum atomic E-state index is 15.3. The van der Waals surface area contributed by atoms with Crippen LogP contribution in [0.4, 0.5) is 10.1 Å². The van der Waals surface area contributed by atoms with E-state index >= 15 is 4.39 Å². The lowest BCUT2D eigenvalue weighted by Crippen LogP contribution is -2.93. The third kappa shape index (κ3) is 4.18. The molecule has 2 N–H and O–H groups in total. The van der Waals surface area contributed by atoms with Gasteiger partial charge in [-0.05, 0) is 75.8 Å². The van der Waals surface area contributed by atoms with Crippen LogP contribution in [0.2, 0.25) is 5.02 Å². The number of anilines is 1. The highest BCUT2D eigenvalue weighted by Gasteiger charge is 2.48. The Morgan fingerprint density at radius 2 is 1.84 bits per heavy atom. The molecule has 0 bridgehead atoms. The molecule has 7 heteroatoms. The second-order valence-electron chi connectivity index (χ2n) is 9.47. The zero-order chi connectivity index (χ0) is 23.2. The summed E-state index contributed by atoms with van der Waals surface area (Å²) in [5.74, 6) is -0.217. The van der Waals surface area contributed by atoms with Crippen LogP contribution in [-0.4, -0.2) is 29.4 Å². The second-order valence-corrected chi connectivity index (χ2v) is 9.91. The number of nitrogens with two attached hydrogens (primary N) is 1. The molecule has 2 amide bonds. The summed E-state index contributed by atoms with van der Waals surface area (Å²) in [6, 6.07) is 5.61. The topological polar surface area (TPSA) is 66.9 Å². The molecule has 1 saturated carbocycles. The van der Waals surface area contributed by atoms with Crippen molar-refractivity contribution in [1.82, 2.24) is 4.98 Å². The summed E-state index contributed by atoms with van der Waals surface area (Å²) in [6.07, 6.45) is 5.08. The quantitative estimate of drug-likeness (QED) is 0.748. The highest BCUT2D eigenvalue weighted by atomic mass is 35.5. The van der Waals surface area contributed by atoms with Crippen molar-refractivity contribution in [1.29, 1.82) is 0 Å². The fourth-order valence-electron chi connectivity index (χ4n) is 4.92. The molecule has 4 rings (SSSR count). The van der Waals surface area contributed by atoms with Crippen LogP contribution in [0.1, 0.15) is 65.3 Å². The third-order valence-electron chi connectivity index (χ3n) is 7.09. The molecule has 0 saturated heterocycles. The minimum atomic E-state index is -1.98. The number of aryl methyl sites for hydroxylation is 3. The second kappa shape index (κ2) is 8.56. The molecule has 0 spiro atoms. The van der Waals surface area contributed by atoms with Crippen molar-refractivity contribution in [2.75, 3.05) is 11.4 Å². The molecule has 1 aromatic carbocycles. The van der Waals surface area contributed by atoms with Crippen molar-refractivity contribution < 1.29 is 19.3 Å². The number of carbonyl (C=O) groups is 2. The molecule has 170 valence electrons. The average Bonchev–Trinajstić information content (AvgIpc) is 2.92. The van der Waals surface area contributed by atoms with Crippen LogP contribution >= 0.6 is 11.6 Å². The number of alkyl halides is 1. The summed E-state index contributed by atoms with van der Waals surface area (Å²) in [4.78, 5) is 31.4. The van der Waals surface area contributed by atoms with Gasteiger partial charge >= 0.3 is 5.91 Å². The Balaban J connectivity index is 1.40. The Hall–Kier alpha value is -2.31. The van der Waals surface area contributed by atoms with E-state index in [1.165, 1.54) is 6.92 Å². The molecule has 2 heterocycles. The van der Waals surface area contributed by atoms with Crippen LogP contribution < -0.4 is 10.2 Å². The molecule has 1 fully saturated rings. The number of pyridine rings is 1. The number of benzene rings is 1. The Labute approximate surface area is 193 Å². The molecule has 5 nitrogen and oxygen atoms in total. The van der Waals surface area contributed by atoms with Crippen LogP contribution in [0.5, 0.6) is 0 Å². The summed E-state index contributed by atoms with van der Waals surface area (Å²) >= 11 is 6.00. The van der Waals surface area contributed by atoms with Gasteiger partial charge in [-0.3, -0.25) is 15.1 Å². The van der Waals surface area contributed by atoms with Gasteiger partial charge in [-0.15, -0.1) is 0 Å². The van der Waals surface area contributed by atoms with Gasteiger partial charge in [0.05, 0.1) is 22.4 Å². The maximum absolute atomic E-state index is 15.3. The molecule has 2 aliphatic rings. The molecular weight excluding hydrogens is 429 g/mol. The van der Waals surface area contributed by atoms with E-state index in [1.807, 2.05) is 26.0 Å². The molecular formula is C25H30ClFN3O2+. The Kier molecular flexibility index (Phi) is 6.12. The molecule has 1 aliphatic heterocycles. The number of halogens is 2. The number of carbonyl (C=O) groups excluding carboxylic acids is 2. The first kappa shape index (κ1) is 22.9. The number of rotatable bonds is 4. The van der Waals surface area contributed by atoms with Gasteiger partial charge in [0.25, 0.3) is 5.91 Å². The minimum Gasteiger partial charge on any atom is -0.309 e. The molecule has 1 aliphatic carbocycles. The summed E-state index contributed by atoms with van der Waals surface area (Å²) in [5.41, 5.74) is 2.48. The van der Waals surface area contributed by atoms with Crippen LogP contribution in [0.25, 0.3) is 0 Å². The molecule has 2 aromatic rings. The van der Waals surface area contributed by atoms with Crippen LogP contribution in [0, 0.1) is 26.7 Å². The first-order valence-corrected chi connectivity index (χ1v) is 11.6. The number of quaternary nitrogens is 1. The highest BCUT2D eigenvalue weighted by Crippen LogP contribution is 2.45. The minimum absolute atomic E-state index is 0.0383. The van der Waals surface area contributed by atoms with E-state index in [4.69, 9.17) is 11.6 Å². The van der Waals surface area contributed by atoms with Crippen molar-refractivity contribution in [3.05, 3.63) is 57.4 Å². The molecule has 1 unspecified atom stereocenters. The standard InChI is InChI=1S/C25H29ClFN3O2/c1-14-9-21-22(10-15(14)2)30(24(32)25(21,4)27)13-17-5-7-19(8-6-17)29-23(31)20-11-18(26)12-28-16(20)3/h9-12,17,19H,5-8,13H2,1-4H3,(H,29,31)/p+1. The molecule has 0 radical (unpaired) electrons. The van der Waals surface area contributed by atoms with Crippen LogP contribution in [0.3, 0.4) is 0 Å².